The summed E-state index contributed by atoms with van der Waals surface area (Å²) in [5, 5.41) is 2.93. The zero-order chi connectivity index (χ0) is 24.7. The zero-order valence-corrected chi connectivity index (χ0v) is 19.9. The lowest BCUT2D eigenvalue weighted by Gasteiger charge is -2.21. The summed E-state index contributed by atoms with van der Waals surface area (Å²) in [5.41, 5.74) is 0.739. The molecule has 8 nitrogen and oxygen atoms in total. The van der Waals surface area contributed by atoms with E-state index in [1.165, 1.54) is 44.4 Å². The van der Waals surface area contributed by atoms with Gasteiger partial charge in [-0.05, 0) is 36.2 Å². The Bertz CT molecular complexity index is 990. The van der Waals surface area contributed by atoms with Crippen LogP contribution in [-0.2, 0) is 9.53 Å². The van der Waals surface area contributed by atoms with Crippen LogP contribution >= 0.6 is 0 Å². The maximum Gasteiger partial charge on any atom is 0.256 e. The van der Waals surface area contributed by atoms with Crippen LogP contribution in [0.2, 0.25) is 0 Å². The molecule has 184 valence electrons. The van der Waals surface area contributed by atoms with Crippen molar-refractivity contribution in [3.8, 4) is 17.2 Å². The summed E-state index contributed by atoms with van der Waals surface area (Å²) in [4.78, 5) is 27.8. The number of benzene rings is 2. The summed E-state index contributed by atoms with van der Waals surface area (Å²) in [6.45, 7) is 1.37. The lowest BCUT2D eigenvalue weighted by atomic mass is 9.88. The van der Waals surface area contributed by atoms with E-state index in [1.807, 2.05) is 0 Å². The lowest BCUT2D eigenvalue weighted by Crippen LogP contribution is -2.36. The van der Waals surface area contributed by atoms with Crippen molar-refractivity contribution in [2.45, 2.75) is 12.3 Å². The Kier molecular flexibility index (Phi) is 8.70. The van der Waals surface area contributed by atoms with E-state index in [0.717, 1.165) is 5.56 Å². The van der Waals surface area contributed by atoms with Crippen molar-refractivity contribution in [2.75, 3.05) is 54.7 Å². The van der Waals surface area contributed by atoms with Crippen molar-refractivity contribution in [3.63, 3.8) is 0 Å². The molecule has 0 radical (unpaired) electrons. The fourth-order valence-electron chi connectivity index (χ4n) is 4.25. The first-order chi connectivity index (χ1) is 16.4. The summed E-state index contributed by atoms with van der Waals surface area (Å²) in [7, 11) is 6.15. The first-order valence-electron chi connectivity index (χ1n) is 11.1. The molecule has 2 atom stereocenters. The molecule has 1 heterocycles. The van der Waals surface area contributed by atoms with Crippen LogP contribution in [0.25, 0.3) is 0 Å². The third-order valence-electron chi connectivity index (χ3n) is 5.99. The molecule has 1 aliphatic rings. The van der Waals surface area contributed by atoms with Gasteiger partial charge in [0, 0.05) is 39.3 Å². The van der Waals surface area contributed by atoms with Gasteiger partial charge in [0.2, 0.25) is 11.7 Å². The van der Waals surface area contributed by atoms with E-state index in [4.69, 9.17) is 18.9 Å². The largest absolute Gasteiger partial charge is 0.493 e. The van der Waals surface area contributed by atoms with Crippen LogP contribution in [0, 0.1) is 11.7 Å². The Labute approximate surface area is 198 Å². The molecule has 0 aliphatic carbocycles. The van der Waals surface area contributed by atoms with Gasteiger partial charge in [0.15, 0.2) is 11.5 Å². The van der Waals surface area contributed by atoms with Crippen molar-refractivity contribution in [1.29, 1.82) is 0 Å². The van der Waals surface area contributed by atoms with Crippen molar-refractivity contribution < 1.29 is 32.9 Å². The number of ether oxygens (including phenoxy) is 4. The molecule has 3 rings (SSSR count). The molecule has 0 bridgehead atoms. The van der Waals surface area contributed by atoms with Gasteiger partial charge in [0.1, 0.15) is 5.82 Å². The van der Waals surface area contributed by atoms with E-state index in [9.17, 15) is 14.0 Å². The molecule has 2 aromatic rings. The van der Waals surface area contributed by atoms with Crippen molar-refractivity contribution in [1.82, 2.24) is 10.2 Å². The standard InChI is InChI=1S/C25H31FN2O6/c1-31-11-7-10-27-24(29)19-15-28(25(30)17-8-5-6-9-20(17)26)14-18(19)16-12-21(32-2)23(34-4)22(13-16)33-3/h5-6,8-9,12-13,18-19H,7,10-11,14-15H2,1-4H3,(H,27,29)/t18-,19-/m0/s1. The van der Waals surface area contributed by atoms with Gasteiger partial charge in [-0.3, -0.25) is 9.59 Å². The SMILES string of the molecule is COCCCNC(=O)[C@H]1CN(C(=O)c2ccccc2F)C[C@H]1c1cc(OC)c(OC)c(OC)c1. The highest BCUT2D eigenvalue weighted by molar-refractivity contribution is 5.95. The minimum absolute atomic E-state index is 0.0210. The number of amides is 2. The third-order valence-corrected chi connectivity index (χ3v) is 5.99. The van der Waals surface area contributed by atoms with Gasteiger partial charge in [0.05, 0.1) is 32.8 Å². The monoisotopic (exact) mass is 474 g/mol. The molecule has 1 aliphatic heterocycles. The van der Waals surface area contributed by atoms with Gasteiger partial charge in [0.25, 0.3) is 5.91 Å². The van der Waals surface area contributed by atoms with Crippen LogP contribution in [-0.4, -0.2) is 71.4 Å². The molecule has 9 heteroatoms. The maximum atomic E-state index is 14.3. The normalized spacial score (nSPS) is 17.4. The minimum atomic E-state index is -0.593. The number of hydrogen-bond donors (Lipinski definition) is 1. The molecular formula is C25H31FN2O6. The Morgan fingerprint density at radius 2 is 1.71 bits per heavy atom. The first kappa shape index (κ1) is 25.3. The quantitative estimate of drug-likeness (QED) is 0.533. The smallest absolute Gasteiger partial charge is 0.256 e. The summed E-state index contributed by atoms with van der Waals surface area (Å²) >= 11 is 0. The van der Waals surface area contributed by atoms with E-state index in [-0.39, 0.29) is 30.5 Å². The highest BCUT2D eigenvalue weighted by Crippen LogP contribution is 2.43. The molecule has 1 N–H and O–H groups in total. The van der Waals surface area contributed by atoms with Gasteiger partial charge in [-0.25, -0.2) is 4.39 Å². The Morgan fingerprint density at radius 3 is 2.29 bits per heavy atom. The predicted octanol–water partition coefficient (Wildman–Crippen LogP) is 2.86. The van der Waals surface area contributed by atoms with E-state index in [1.54, 1.807) is 25.3 Å². The Morgan fingerprint density at radius 1 is 1.03 bits per heavy atom. The molecule has 1 fully saturated rings. The van der Waals surface area contributed by atoms with Gasteiger partial charge < -0.3 is 29.2 Å². The molecule has 34 heavy (non-hydrogen) atoms. The summed E-state index contributed by atoms with van der Waals surface area (Å²) < 4.78 is 35.7. The summed E-state index contributed by atoms with van der Waals surface area (Å²) in [5.74, 6) is -0.780. The second kappa shape index (κ2) is 11.7. The predicted molar refractivity (Wildman–Crippen MR) is 124 cm³/mol. The third kappa shape index (κ3) is 5.41. The number of nitrogens with one attached hydrogen (secondary N) is 1. The number of likely N-dealkylation sites (tertiary alicyclic amines) is 1. The second-order valence-electron chi connectivity index (χ2n) is 8.00. The van der Waals surface area contributed by atoms with E-state index in [0.29, 0.717) is 36.8 Å². The number of methoxy groups -OCH3 is 4. The number of hydrogen-bond acceptors (Lipinski definition) is 6. The average molecular weight is 475 g/mol. The van der Waals surface area contributed by atoms with Crippen LogP contribution in [0.1, 0.15) is 28.3 Å². The summed E-state index contributed by atoms with van der Waals surface area (Å²) in [6, 6.07) is 9.42. The fraction of sp³-hybridized carbons (Fsp3) is 0.440. The molecule has 0 unspecified atom stereocenters. The molecular weight excluding hydrogens is 443 g/mol. The molecule has 2 aromatic carbocycles. The Hall–Kier alpha value is -3.33. The van der Waals surface area contributed by atoms with Crippen molar-refractivity contribution in [3.05, 3.63) is 53.3 Å². The number of carbonyl (C=O) groups is 2. The van der Waals surface area contributed by atoms with Crippen LogP contribution in [0.3, 0.4) is 0 Å². The number of rotatable bonds is 10. The van der Waals surface area contributed by atoms with Gasteiger partial charge in [-0.1, -0.05) is 12.1 Å². The van der Waals surface area contributed by atoms with Crippen LogP contribution in [0.5, 0.6) is 17.2 Å². The van der Waals surface area contributed by atoms with Crippen molar-refractivity contribution >= 4 is 11.8 Å². The lowest BCUT2D eigenvalue weighted by molar-refractivity contribution is -0.125. The number of carbonyl (C=O) groups excluding carboxylic acids is 2. The topological polar surface area (TPSA) is 86.3 Å². The number of halogens is 1. The highest BCUT2D eigenvalue weighted by atomic mass is 19.1. The average Bonchev–Trinajstić information content (AvgIpc) is 3.31. The van der Waals surface area contributed by atoms with Crippen LogP contribution in [0.4, 0.5) is 4.39 Å². The summed E-state index contributed by atoms with van der Waals surface area (Å²) in [6.07, 6.45) is 0.668. The molecule has 0 spiro atoms. The first-order valence-corrected chi connectivity index (χ1v) is 11.1. The molecule has 0 aromatic heterocycles. The van der Waals surface area contributed by atoms with Gasteiger partial charge in [-0.15, -0.1) is 0 Å². The van der Waals surface area contributed by atoms with E-state index >= 15 is 0 Å². The van der Waals surface area contributed by atoms with Crippen molar-refractivity contribution in [2.24, 2.45) is 5.92 Å². The van der Waals surface area contributed by atoms with Gasteiger partial charge in [-0.2, -0.15) is 0 Å². The zero-order valence-electron chi connectivity index (χ0n) is 19.9. The molecule has 1 saturated heterocycles. The van der Waals surface area contributed by atoms with E-state index < -0.39 is 17.6 Å². The maximum absolute atomic E-state index is 14.3. The minimum Gasteiger partial charge on any atom is -0.493 e. The van der Waals surface area contributed by atoms with Crippen LogP contribution in [0.15, 0.2) is 36.4 Å². The number of nitrogens with zero attached hydrogens (tertiary/aromatic N) is 1. The second-order valence-corrected chi connectivity index (χ2v) is 8.00. The molecule has 0 saturated carbocycles. The Balaban J connectivity index is 1.94. The highest BCUT2D eigenvalue weighted by Gasteiger charge is 2.41. The van der Waals surface area contributed by atoms with Crippen LogP contribution < -0.4 is 19.5 Å². The van der Waals surface area contributed by atoms with E-state index in [2.05, 4.69) is 5.32 Å². The van der Waals surface area contributed by atoms with Gasteiger partial charge >= 0.3 is 0 Å². The fourth-order valence-corrected chi connectivity index (χ4v) is 4.25. The molecule has 2 amide bonds.